The Hall–Kier alpha value is -0.570. The van der Waals surface area contributed by atoms with Crippen molar-refractivity contribution in [2.75, 3.05) is 13.1 Å². The average molecular weight is 157 g/mol. The summed E-state index contributed by atoms with van der Waals surface area (Å²) in [4.78, 5) is 12.8. The Balaban J connectivity index is 2.29. The highest BCUT2D eigenvalue weighted by atomic mass is 16.3. The summed E-state index contributed by atoms with van der Waals surface area (Å²) in [6.07, 6.45) is 2.04. The van der Waals surface area contributed by atoms with Gasteiger partial charge in [0.05, 0.1) is 12.5 Å². The molecule has 64 valence electrons. The van der Waals surface area contributed by atoms with Crippen LogP contribution in [0.4, 0.5) is 0 Å². The van der Waals surface area contributed by atoms with Crippen molar-refractivity contribution >= 4 is 5.91 Å². The summed E-state index contributed by atoms with van der Waals surface area (Å²) in [5.41, 5.74) is 0. The van der Waals surface area contributed by atoms with Gasteiger partial charge in [0.1, 0.15) is 0 Å². The molecule has 1 amide bonds. The van der Waals surface area contributed by atoms with Gasteiger partial charge in [-0.1, -0.05) is 13.3 Å². The van der Waals surface area contributed by atoms with Crippen molar-refractivity contribution in [3.05, 3.63) is 0 Å². The third-order valence-electron chi connectivity index (χ3n) is 1.98. The summed E-state index contributed by atoms with van der Waals surface area (Å²) < 4.78 is 0. The van der Waals surface area contributed by atoms with E-state index in [9.17, 15) is 4.79 Å². The topological polar surface area (TPSA) is 40.5 Å². The van der Waals surface area contributed by atoms with E-state index in [1.807, 2.05) is 0 Å². The second-order valence-electron chi connectivity index (χ2n) is 3.05. The maximum Gasteiger partial charge on any atom is 0.225 e. The second kappa shape index (κ2) is 3.72. The molecule has 0 aromatic rings. The number of unbranched alkanes of at least 4 members (excludes halogenated alkanes) is 1. The highest BCUT2D eigenvalue weighted by Crippen LogP contribution is 2.10. The van der Waals surface area contributed by atoms with E-state index < -0.39 is 6.10 Å². The molecule has 0 radical (unpaired) electrons. The van der Waals surface area contributed by atoms with E-state index in [0.717, 1.165) is 19.4 Å². The number of hydrogen-bond donors (Lipinski definition) is 1. The van der Waals surface area contributed by atoms with Crippen LogP contribution >= 0.6 is 0 Å². The molecule has 0 aliphatic carbocycles. The van der Waals surface area contributed by atoms with Crippen molar-refractivity contribution in [1.82, 2.24) is 4.90 Å². The Kier molecular flexibility index (Phi) is 2.88. The Morgan fingerprint density at radius 2 is 2.45 bits per heavy atom. The van der Waals surface area contributed by atoms with Gasteiger partial charge in [0, 0.05) is 13.1 Å². The van der Waals surface area contributed by atoms with Crippen LogP contribution in [0.5, 0.6) is 0 Å². The van der Waals surface area contributed by atoms with Gasteiger partial charge in [0.15, 0.2) is 0 Å². The SMILES string of the molecule is CCCCN1CC(O)CC1=O. The van der Waals surface area contributed by atoms with Gasteiger partial charge in [-0.2, -0.15) is 0 Å². The van der Waals surface area contributed by atoms with E-state index in [1.165, 1.54) is 0 Å². The first-order valence-electron chi connectivity index (χ1n) is 4.20. The zero-order valence-electron chi connectivity index (χ0n) is 6.92. The van der Waals surface area contributed by atoms with Crippen LogP contribution in [-0.4, -0.2) is 35.1 Å². The zero-order chi connectivity index (χ0) is 8.27. The molecule has 1 unspecified atom stereocenters. The van der Waals surface area contributed by atoms with Gasteiger partial charge in [-0.15, -0.1) is 0 Å². The maximum atomic E-state index is 11.1. The fraction of sp³-hybridized carbons (Fsp3) is 0.875. The molecule has 1 aliphatic heterocycles. The van der Waals surface area contributed by atoms with E-state index in [0.29, 0.717) is 13.0 Å². The van der Waals surface area contributed by atoms with Crippen LogP contribution in [0.3, 0.4) is 0 Å². The first kappa shape index (κ1) is 8.53. The number of aliphatic hydroxyl groups excluding tert-OH is 1. The van der Waals surface area contributed by atoms with E-state index in [2.05, 4.69) is 6.92 Å². The van der Waals surface area contributed by atoms with Crippen molar-refractivity contribution in [3.63, 3.8) is 0 Å². The molecule has 0 spiro atoms. The molecule has 0 aromatic carbocycles. The molecule has 1 rings (SSSR count). The number of carbonyl (C=O) groups is 1. The number of hydrogen-bond acceptors (Lipinski definition) is 2. The minimum Gasteiger partial charge on any atom is -0.391 e. The number of aliphatic hydroxyl groups is 1. The first-order valence-corrected chi connectivity index (χ1v) is 4.20. The molecule has 3 nitrogen and oxygen atoms in total. The number of β-amino-alcohol motifs (C(OH)–C–C–N with tert-alkyl or cyclic N) is 1. The van der Waals surface area contributed by atoms with E-state index in [4.69, 9.17) is 5.11 Å². The van der Waals surface area contributed by atoms with Gasteiger partial charge < -0.3 is 10.0 Å². The molecule has 1 heterocycles. The molecule has 1 aliphatic rings. The lowest BCUT2D eigenvalue weighted by Gasteiger charge is -2.14. The largest absolute Gasteiger partial charge is 0.391 e. The van der Waals surface area contributed by atoms with Gasteiger partial charge in [0.25, 0.3) is 0 Å². The van der Waals surface area contributed by atoms with Crippen molar-refractivity contribution in [1.29, 1.82) is 0 Å². The van der Waals surface area contributed by atoms with Gasteiger partial charge in [-0.05, 0) is 6.42 Å². The van der Waals surface area contributed by atoms with Crippen molar-refractivity contribution in [2.45, 2.75) is 32.3 Å². The molecular formula is C8H15NO2. The van der Waals surface area contributed by atoms with E-state index in [1.54, 1.807) is 4.90 Å². The zero-order valence-corrected chi connectivity index (χ0v) is 6.92. The third-order valence-corrected chi connectivity index (χ3v) is 1.98. The normalized spacial score (nSPS) is 24.7. The molecule has 1 saturated heterocycles. The van der Waals surface area contributed by atoms with E-state index in [-0.39, 0.29) is 5.91 Å². The number of rotatable bonds is 3. The van der Waals surface area contributed by atoms with Gasteiger partial charge in [-0.3, -0.25) is 4.79 Å². The summed E-state index contributed by atoms with van der Waals surface area (Å²) in [6, 6.07) is 0. The lowest BCUT2D eigenvalue weighted by atomic mass is 10.3. The number of amides is 1. The van der Waals surface area contributed by atoms with Crippen LogP contribution in [0.1, 0.15) is 26.2 Å². The highest BCUT2D eigenvalue weighted by Gasteiger charge is 2.26. The number of nitrogens with zero attached hydrogens (tertiary/aromatic N) is 1. The first-order chi connectivity index (χ1) is 5.24. The number of likely N-dealkylation sites (tertiary alicyclic amines) is 1. The highest BCUT2D eigenvalue weighted by molar-refractivity contribution is 5.78. The Morgan fingerprint density at radius 1 is 1.73 bits per heavy atom. The summed E-state index contributed by atoms with van der Waals surface area (Å²) in [5, 5.41) is 9.11. The van der Waals surface area contributed by atoms with Crippen molar-refractivity contribution < 1.29 is 9.90 Å². The second-order valence-corrected chi connectivity index (χ2v) is 3.05. The smallest absolute Gasteiger partial charge is 0.225 e. The standard InChI is InChI=1S/C8H15NO2/c1-2-3-4-9-6-7(10)5-8(9)11/h7,10H,2-6H2,1H3. The molecule has 0 bridgehead atoms. The molecule has 3 heteroatoms. The van der Waals surface area contributed by atoms with Crippen LogP contribution < -0.4 is 0 Å². The summed E-state index contributed by atoms with van der Waals surface area (Å²) in [7, 11) is 0. The minimum atomic E-state index is -0.417. The quantitative estimate of drug-likeness (QED) is 0.643. The molecule has 0 aromatic heterocycles. The fourth-order valence-corrected chi connectivity index (χ4v) is 1.32. The van der Waals surface area contributed by atoms with Crippen LogP contribution in [0.25, 0.3) is 0 Å². The van der Waals surface area contributed by atoms with Gasteiger partial charge >= 0.3 is 0 Å². The maximum absolute atomic E-state index is 11.1. The molecule has 1 fully saturated rings. The Morgan fingerprint density at radius 3 is 2.91 bits per heavy atom. The summed E-state index contributed by atoms with van der Waals surface area (Å²) >= 11 is 0. The predicted molar refractivity (Wildman–Crippen MR) is 42.1 cm³/mol. The molecular weight excluding hydrogens is 142 g/mol. The Bertz CT molecular complexity index is 147. The number of carbonyl (C=O) groups excluding carboxylic acids is 1. The fourth-order valence-electron chi connectivity index (χ4n) is 1.32. The van der Waals surface area contributed by atoms with E-state index >= 15 is 0 Å². The monoisotopic (exact) mass is 157 g/mol. The van der Waals surface area contributed by atoms with Crippen molar-refractivity contribution in [3.8, 4) is 0 Å². The van der Waals surface area contributed by atoms with Crippen molar-refractivity contribution in [2.24, 2.45) is 0 Å². The minimum absolute atomic E-state index is 0.103. The summed E-state index contributed by atoms with van der Waals surface area (Å²) in [5.74, 6) is 0.103. The molecule has 1 atom stereocenters. The van der Waals surface area contributed by atoms with Crippen LogP contribution in [0, 0.1) is 0 Å². The predicted octanol–water partition coefficient (Wildman–Crippen LogP) is 0.380. The van der Waals surface area contributed by atoms with Crippen LogP contribution in [0.2, 0.25) is 0 Å². The molecule has 11 heavy (non-hydrogen) atoms. The van der Waals surface area contributed by atoms with Crippen LogP contribution in [0.15, 0.2) is 0 Å². The van der Waals surface area contributed by atoms with Gasteiger partial charge in [0.2, 0.25) is 5.91 Å². The van der Waals surface area contributed by atoms with Gasteiger partial charge in [-0.25, -0.2) is 0 Å². The lowest BCUT2D eigenvalue weighted by Crippen LogP contribution is -2.26. The molecule has 1 N–H and O–H groups in total. The summed E-state index contributed by atoms with van der Waals surface area (Å²) in [6.45, 7) is 3.45. The Labute approximate surface area is 67.0 Å². The lowest BCUT2D eigenvalue weighted by molar-refractivity contribution is -0.127. The molecule has 0 saturated carbocycles. The van der Waals surface area contributed by atoms with Crippen LogP contribution in [-0.2, 0) is 4.79 Å². The third kappa shape index (κ3) is 2.19. The average Bonchev–Trinajstić information content (AvgIpc) is 2.26.